The summed E-state index contributed by atoms with van der Waals surface area (Å²) >= 11 is 1.38. The maximum absolute atomic E-state index is 12.3. The fourth-order valence-corrected chi connectivity index (χ4v) is 3.46. The molecule has 7 nitrogen and oxygen atoms in total. The first kappa shape index (κ1) is 14.4. The monoisotopic (exact) mass is 309 g/mol. The Morgan fingerprint density at radius 3 is 2.81 bits per heavy atom. The summed E-state index contributed by atoms with van der Waals surface area (Å²) < 4.78 is 0. The van der Waals surface area contributed by atoms with Crippen LogP contribution in [-0.2, 0) is 9.59 Å². The van der Waals surface area contributed by atoms with Crippen molar-refractivity contribution in [1.29, 1.82) is 0 Å². The van der Waals surface area contributed by atoms with Crippen molar-refractivity contribution in [3.8, 4) is 0 Å². The number of amides is 2. The summed E-state index contributed by atoms with van der Waals surface area (Å²) in [4.78, 5) is 25.9. The highest BCUT2D eigenvalue weighted by molar-refractivity contribution is 7.15. The number of carbonyl (C=O) groups excluding carboxylic acids is 2. The molecular formula is C13H19N5O2S. The lowest BCUT2D eigenvalue weighted by Crippen LogP contribution is -2.45. The van der Waals surface area contributed by atoms with E-state index in [1.54, 1.807) is 4.90 Å². The van der Waals surface area contributed by atoms with Crippen molar-refractivity contribution in [1.82, 2.24) is 20.8 Å². The molecule has 0 radical (unpaired) electrons. The molecular weight excluding hydrogens is 290 g/mol. The third-order valence-corrected chi connectivity index (χ3v) is 4.79. The minimum atomic E-state index is -0.281. The van der Waals surface area contributed by atoms with Crippen LogP contribution in [0.4, 0.5) is 5.13 Å². The van der Waals surface area contributed by atoms with Crippen LogP contribution >= 0.6 is 11.3 Å². The lowest BCUT2D eigenvalue weighted by Gasteiger charge is -2.24. The largest absolute Gasteiger partial charge is 0.353 e. The molecule has 0 spiro atoms. The van der Waals surface area contributed by atoms with Gasteiger partial charge in [0.2, 0.25) is 16.9 Å². The van der Waals surface area contributed by atoms with Gasteiger partial charge < -0.3 is 10.6 Å². The molecule has 0 saturated carbocycles. The van der Waals surface area contributed by atoms with Gasteiger partial charge in [0.25, 0.3) is 0 Å². The summed E-state index contributed by atoms with van der Waals surface area (Å²) in [7, 11) is 0. The zero-order valence-electron chi connectivity index (χ0n) is 12.0. The second-order valence-electron chi connectivity index (χ2n) is 5.54. The van der Waals surface area contributed by atoms with Gasteiger partial charge in [-0.15, -0.1) is 10.2 Å². The maximum Gasteiger partial charge on any atom is 0.229 e. The van der Waals surface area contributed by atoms with E-state index in [1.165, 1.54) is 11.3 Å². The Morgan fingerprint density at radius 2 is 2.14 bits per heavy atom. The van der Waals surface area contributed by atoms with Gasteiger partial charge in [-0.05, 0) is 32.9 Å². The minimum Gasteiger partial charge on any atom is -0.353 e. The van der Waals surface area contributed by atoms with Crippen LogP contribution in [0.3, 0.4) is 0 Å². The quantitative estimate of drug-likeness (QED) is 0.825. The average Bonchev–Trinajstić information content (AvgIpc) is 3.06. The van der Waals surface area contributed by atoms with E-state index >= 15 is 0 Å². The van der Waals surface area contributed by atoms with E-state index < -0.39 is 0 Å². The minimum absolute atomic E-state index is 0.0148. The maximum atomic E-state index is 12.3. The molecule has 2 N–H and O–H groups in total. The number of rotatable bonds is 3. The number of aryl methyl sites for hydroxylation is 1. The van der Waals surface area contributed by atoms with E-state index in [9.17, 15) is 9.59 Å². The number of nitrogens with one attached hydrogen (secondary N) is 2. The smallest absolute Gasteiger partial charge is 0.229 e. The van der Waals surface area contributed by atoms with Crippen molar-refractivity contribution < 1.29 is 9.59 Å². The molecule has 0 aliphatic carbocycles. The van der Waals surface area contributed by atoms with Crippen LogP contribution in [0, 0.1) is 12.8 Å². The van der Waals surface area contributed by atoms with E-state index in [0.29, 0.717) is 11.7 Å². The number of carbonyl (C=O) groups is 2. The number of hydrogen-bond acceptors (Lipinski definition) is 6. The van der Waals surface area contributed by atoms with Gasteiger partial charge in [0, 0.05) is 19.0 Å². The van der Waals surface area contributed by atoms with E-state index in [1.807, 2.05) is 6.92 Å². The number of aromatic nitrogens is 2. The Kier molecular flexibility index (Phi) is 4.16. The van der Waals surface area contributed by atoms with Crippen LogP contribution in [0.2, 0.25) is 0 Å². The van der Waals surface area contributed by atoms with Gasteiger partial charge >= 0.3 is 0 Å². The lowest BCUT2D eigenvalue weighted by molar-refractivity contribution is -0.127. The Hall–Kier alpha value is -1.54. The predicted octanol–water partition coefficient (Wildman–Crippen LogP) is 0.0676. The summed E-state index contributed by atoms with van der Waals surface area (Å²) in [6, 6.07) is 0.228. The molecule has 8 heteroatoms. The highest BCUT2D eigenvalue weighted by Crippen LogP contribution is 2.27. The van der Waals surface area contributed by atoms with Crippen molar-refractivity contribution in [2.75, 3.05) is 24.5 Å². The van der Waals surface area contributed by atoms with E-state index in [-0.39, 0.29) is 30.2 Å². The summed E-state index contributed by atoms with van der Waals surface area (Å²) in [5.74, 6) is -0.341. The predicted molar refractivity (Wildman–Crippen MR) is 79.1 cm³/mol. The highest BCUT2D eigenvalue weighted by Gasteiger charge is 2.37. The number of hydrogen-bond donors (Lipinski definition) is 2. The van der Waals surface area contributed by atoms with E-state index in [2.05, 4.69) is 20.8 Å². The van der Waals surface area contributed by atoms with Gasteiger partial charge in [0.15, 0.2) is 0 Å². The molecule has 0 bridgehead atoms. The first-order chi connectivity index (χ1) is 10.1. The molecule has 1 unspecified atom stereocenters. The number of anilines is 1. The van der Waals surface area contributed by atoms with Gasteiger partial charge in [0.05, 0.1) is 5.92 Å². The molecule has 3 rings (SSSR count). The third-order valence-electron chi connectivity index (χ3n) is 3.93. The Labute approximate surface area is 127 Å². The van der Waals surface area contributed by atoms with Gasteiger partial charge in [-0.25, -0.2) is 0 Å². The van der Waals surface area contributed by atoms with Crippen LogP contribution < -0.4 is 15.5 Å². The van der Waals surface area contributed by atoms with Crippen molar-refractivity contribution in [2.45, 2.75) is 32.2 Å². The highest BCUT2D eigenvalue weighted by atomic mass is 32.1. The van der Waals surface area contributed by atoms with Crippen molar-refractivity contribution >= 4 is 28.3 Å². The number of nitrogens with zero attached hydrogens (tertiary/aromatic N) is 3. The van der Waals surface area contributed by atoms with Crippen LogP contribution in [-0.4, -0.2) is 47.7 Å². The molecule has 2 aliphatic rings. The Bertz CT molecular complexity index is 540. The van der Waals surface area contributed by atoms with Crippen molar-refractivity contribution in [3.63, 3.8) is 0 Å². The third kappa shape index (κ3) is 3.21. The first-order valence-electron chi connectivity index (χ1n) is 7.25. The fraction of sp³-hybridized carbons (Fsp3) is 0.692. The summed E-state index contributed by atoms with van der Waals surface area (Å²) in [6.45, 7) is 4.13. The van der Waals surface area contributed by atoms with Gasteiger partial charge in [-0.2, -0.15) is 0 Å². The summed E-state index contributed by atoms with van der Waals surface area (Å²) in [5.41, 5.74) is 0. The molecule has 1 aromatic heterocycles. The first-order valence-corrected chi connectivity index (χ1v) is 8.06. The topological polar surface area (TPSA) is 87.2 Å². The molecule has 3 heterocycles. The zero-order valence-corrected chi connectivity index (χ0v) is 12.8. The van der Waals surface area contributed by atoms with Crippen LogP contribution in [0.25, 0.3) is 0 Å². The van der Waals surface area contributed by atoms with E-state index in [4.69, 9.17) is 0 Å². The number of piperidine rings is 1. The molecule has 114 valence electrons. The molecule has 2 fully saturated rings. The zero-order chi connectivity index (χ0) is 14.8. The van der Waals surface area contributed by atoms with E-state index in [0.717, 1.165) is 30.9 Å². The molecule has 1 atom stereocenters. The SMILES string of the molecule is Cc1nnc(N2CC(C(=O)NC3CCNCC3)CC2=O)s1. The van der Waals surface area contributed by atoms with Crippen LogP contribution in [0.5, 0.6) is 0 Å². The summed E-state index contributed by atoms with van der Waals surface area (Å²) in [6.07, 6.45) is 2.16. The molecule has 1 aromatic rings. The average molecular weight is 309 g/mol. The Morgan fingerprint density at radius 1 is 1.38 bits per heavy atom. The molecule has 21 heavy (non-hydrogen) atoms. The standard InChI is InChI=1S/C13H19N5O2S/c1-8-16-17-13(21-8)18-7-9(6-11(18)19)12(20)15-10-2-4-14-5-3-10/h9-10,14H,2-7H2,1H3,(H,15,20). The molecule has 2 aliphatic heterocycles. The second-order valence-corrected chi connectivity index (χ2v) is 6.70. The lowest BCUT2D eigenvalue weighted by atomic mass is 10.0. The van der Waals surface area contributed by atoms with Crippen LogP contribution in [0.15, 0.2) is 0 Å². The Balaban J connectivity index is 1.59. The summed E-state index contributed by atoms with van der Waals surface area (Å²) in [5, 5.41) is 15.7. The normalized spacial score (nSPS) is 23.6. The van der Waals surface area contributed by atoms with Gasteiger partial charge in [-0.3, -0.25) is 14.5 Å². The molecule has 0 aromatic carbocycles. The van der Waals surface area contributed by atoms with Gasteiger partial charge in [0.1, 0.15) is 5.01 Å². The van der Waals surface area contributed by atoms with Crippen molar-refractivity contribution in [3.05, 3.63) is 5.01 Å². The van der Waals surface area contributed by atoms with Crippen molar-refractivity contribution in [2.24, 2.45) is 5.92 Å². The molecule has 2 saturated heterocycles. The second kappa shape index (κ2) is 6.07. The molecule has 2 amide bonds. The van der Waals surface area contributed by atoms with Gasteiger partial charge in [-0.1, -0.05) is 11.3 Å². The fourth-order valence-electron chi connectivity index (χ4n) is 2.75. The van der Waals surface area contributed by atoms with Crippen LogP contribution in [0.1, 0.15) is 24.3 Å².